The minimum absolute atomic E-state index is 0.109. The maximum absolute atomic E-state index is 13.0. The monoisotopic (exact) mass is 388 g/mol. The molecule has 2 aromatic heterocycles. The number of methoxy groups -OCH3 is 2. The molecule has 1 atom stereocenters. The zero-order chi connectivity index (χ0) is 19.4. The van der Waals surface area contributed by atoms with Crippen LogP contribution in [0.15, 0.2) is 50.8 Å². The Morgan fingerprint density at radius 1 is 1.26 bits per heavy atom. The second-order valence-corrected chi connectivity index (χ2v) is 6.88. The van der Waals surface area contributed by atoms with Crippen molar-refractivity contribution in [1.82, 2.24) is 9.55 Å². The van der Waals surface area contributed by atoms with Crippen LogP contribution in [0.25, 0.3) is 10.9 Å². The minimum atomic E-state index is -0.527. The molecule has 2 heterocycles. The fourth-order valence-corrected chi connectivity index (χ4v) is 3.72. The predicted molar refractivity (Wildman–Crippen MR) is 102 cm³/mol. The molecule has 7 nitrogen and oxygen atoms in total. The summed E-state index contributed by atoms with van der Waals surface area (Å²) in [5.41, 5.74) is 0.530. The average Bonchev–Trinajstić information content (AvgIpc) is 3.15. The number of esters is 1. The second-order valence-electron chi connectivity index (χ2n) is 5.94. The number of thioether (sulfide) groups is 1. The van der Waals surface area contributed by atoms with E-state index in [9.17, 15) is 9.59 Å². The quantitative estimate of drug-likeness (QED) is 0.349. The van der Waals surface area contributed by atoms with Crippen molar-refractivity contribution in [3.63, 3.8) is 0 Å². The summed E-state index contributed by atoms with van der Waals surface area (Å²) in [7, 11) is 2.90. The van der Waals surface area contributed by atoms with E-state index in [0.29, 0.717) is 34.2 Å². The molecule has 0 fully saturated rings. The summed E-state index contributed by atoms with van der Waals surface area (Å²) < 4.78 is 17.0. The Kier molecular flexibility index (Phi) is 5.98. The smallest absolute Gasteiger partial charge is 0.373 e. The van der Waals surface area contributed by atoms with Gasteiger partial charge in [-0.05, 0) is 31.2 Å². The first kappa shape index (κ1) is 19.2. The number of carbonyl (C=O) groups excluding carboxylic acids is 1. The molecule has 0 aliphatic rings. The molecule has 0 aliphatic heterocycles. The van der Waals surface area contributed by atoms with Gasteiger partial charge >= 0.3 is 5.97 Å². The highest BCUT2D eigenvalue weighted by Crippen LogP contribution is 2.25. The van der Waals surface area contributed by atoms with Crippen LogP contribution in [-0.2, 0) is 15.2 Å². The number of nitrogens with zero attached hydrogens (tertiary/aromatic N) is 2. The van der Waals surface area contributed by atoms with Gasteiger partial charge < -0.3 is 13.9 Å². The molecule has 0 aliphatic carbocycles. The highest BCUT2D eigenvalue weighted by Gasteiger charge is 2.18. The molecule has 27 heavy (non-hydrogen) atoms. The molecule has 0 N–H and O–H groups in total. The molecule has 0 radical (unpaired) electrons. The molecule has 0 spiro atoms. The molecule has 0 bridgehead atoms. The molecule has 3 rings (SSSR count). The van der Waals surface area contributed by atoms with Crippen LogP contribution < -0.4 is 5.56 Å². The summed E-state index contributed by atoms with van der Waals surface area (Å²) in [5.74, 6) is 0.626. The highest BCUT2D eigenvalue weighted by molar-refractivity contribution is 7.98. The topological polar surface area (TPSA) is 83.6 Å². The Labute approximate surface area is 160 Å². The van der Waals surface area contributed by atoms with Gasteiger partial charge in [-0.3, -0.25) is 9.36 Å². The standard InChI is InChI=1S/C19H20N2O5S/c1-12(10-24-2)21-17(22)14-6-4-5-7-15(14)20-19(21)27-11-13-8-9-16(26-13)18(23)25-3/h4-9,12H,10-11H2,1-3H3/t12-/m0/s1. The Morgan fingerprint density at radius 2 is 2.04 bits per heavy atom. The van der Waals surface area contributed by atoms with Crippen LogP contribution in [0.2, 0.25) is 0 Å². The third-order valence-corrected chi connectivity index (χ3v) is 4.99. The highest BCUT2D eigenvalue weighted by atomic mass is 32.2. The van der Waals surface area contributed by atoms with Crippen molar-refractivity contribution in [2.45, 2.75) is 23.9 Å². The average molecular weight is 388 g/mol. The van der Waals surface area contributed by atoms with Crippen molar-refractivity contribution in [3.8, 4) is 0 Å². The van der Waals surface area contributed by atoms with E-state index in [-0.39, 0.29) is 17.4 Å². The maximum Gasteiger partial charge on any atom is 0.373 e. The van der Waals surface area contributed by atoms with E-state index in [4.69, 9.17) is 9.15 Å². The Balaban J connectivity index is 1.94. The van der Waals surface area contributed by atoms with E-state index < -0.39 is 5.97 Å². The Hall–Kier alpha value is -2.58. The summed E-state index contributed by atoms with van der Waals surface area (Å²) in [6.45, 7) is 2.30. The first-order chi connectivity index (χ1) is 13.0. The lowest BCUT2D eigenvalue weighted by molar-refractivity contribution is 0.0563. The number of benzene rings is 1. The van der Waals surface area contributed by atoms with E-state index in [1.54, 1.807) is 29.9 Å². The lowest BCUT2D eigenvalue weighted by Gasteiger charge is -2.18. The van der Waals surface area contributed by atoms with Crippen LogP contribution in [0.1, 0.15) is 29.3 Å². The normalized spacial score (nSPS) is 12.3. The Morgan fingerprint density at radius 3 is 2.78 bits per heavy atom. The molecule has 0 saturated heterocycles. The largest absolute Gasteiger partial charge is 0.463 e. The van der Waals surface area contributed by atoms with E-state index >= 15 is 0 Å². The lowest BCUT2D eigenvalue weighted by atomic mass is 10.2. The molecule has 0 saturated carbocycles. The van der Waals surface area contributed by atoms with Crippen molar-refractivity contribution in [3.05, 3.63) is 58.3 Å². The molecular formula is C19H20N2O5S. The fraction of sp³-hybridized carbons (Fsp3) is 0.316. The number of para-hydroxylation sites is 1. The van der Waals surface area contributed by atoms with Gasteiger partial charge in [0.15, 0.2) is 5.16 Å². The van der Waals surface area contributed by atoms with Crippen LogP contribution >= 0.6 is 11.8 Å². The van der Waals surface area contributed by atoms with E-state index in [1.165, 1.54) is 18.9 Å². The zero-order valence-corrected chi connectivity index (χ0v) is 16.1. The number of hydrogen-bond acceptors (Lipinski definition) is 7. The minimum Gasteiger partial charge on any atom is -0.463 e. The van der Waals surface area contributed by atoms with Crippen molar-refractivity contribution in [2.24, 2.45) is 0 Å². The van der Waals surface area contributed by atoms with E-state index in [0.717, 1.165) is 0 Å². The van der Waals surface area contributed by atoms with Crippen molar-refractivity contribution in [2.75, 3.05) is 20.8 Å². The van der Waals surface area contributed by atoms with Crippen LogP contribution in [0.4, 0.5) is 0 Å². The molecule has 142 valence electrons. The third-order valence-electron chi connectivity index (χ3n) is 4.02. The summed E-state index contributed by atoms with van der Waals surface area (Å²) >= 11 is 1.37. The SMILES string of the molecule is COC[C@H](C)n1c(SCc2ccc(C(=O)OC)o2)nc2ccccc2c1=O. The molecule has 0 amide bonds. The number of aromatic nitrogens is 2. The molecule has 8 heteroatoms. The van der Waals surface area contributed by atoms with Gasteiger partial charge in [-0.1, -0.05) is 23.9 Å². The van der Waals surface area contributed by atoms with Gasteiger partial charge in [-0.2, -0.15) is 0 Å². The predicted octanol–water partition coefficient (Wildman–Crippen LogP) is 3.28. The van der Waals surface area contributed by atoms with Crippen molar-refractivity contribution in [1.29, 1.82) is 0 Å². The number of rotatable bonds is 7. The van der Waals surface area contributed by atoms with Gasteiger partial charge in [-0.15, -0.1) is 0 Å². The summed E-state index contributed by atoms with van der Waals surface area (Å²) in [6.07, 6.45) is 0. The summed E-state index contributed by atoms with van der Waals surface area (Å²) in [4.78, 5) is 29.1. The maximum atomic E-state index is 13.0. The number of carbonyl (C=O) groups is 1. The van der Waals surface area contributed by atoms with E-state index in [2.05, 4.69) is 9.72 Å². The van der Waals surface area contributed by atoms with Crippen LogP contribution in [0.5, 0.6) is 0 Å². The zero-order valence-electron chi connectivity index (χ0n) is 15.3. The summed E-state index contributed by atoms with van der Waals surface area (Å²) in [6, 6.07) is 10.3. The third kappa shape index (κ3) is 4.06. The molecule has 0 unspecified atom stereocenters. The number of hydrogen-bond donors (Lipinski definition) is 0. The van der Waals surface area contributed by atoms with Gasteiger partial charge in [0.05, 0.1) is 36.4 Å². The lowest BCUT2D eigenvalue weighted by Crippen LogP contribution is -2.28. The van der Waals surface area contributed by atoms with Crippen molar-refractivity contribution < 1.29 is 18.7 Å². The first-order valence-electron chi connectivity index (χ1n) is 8.35. The first-order valence-corrected chi connectivity index (χ1v) is 9.33. The second kappa shape index (κ2) is 8.41. The molecule has 1 aromatic carbocycles. The Bertz CT molecular complexity index is 1010. The fourth-order valence-electron chi connectivity index (χ4n) is 2.73. The van der Waals surface area contributed by atoms with Gasteiger partial charge in [0.25, 0.3) is 5.56 Å². The van der Waals surface area contributed by atoms with Crippen LogP contribution in [-0.4, -0.2) is 36.3 Å². The number of furan rings is 1. The van der Waals surface area contributed by atoms with Crippen LogP contribution in [0, 0.1) is 0 Å². The number of ether oxygens (including phenoxy) is 2. The van der Waals surface area contributed by atoms with Gasteiger partial charge in [0.1, 0.15) is 5.76 Å². The molecular weight excluding hydrogens is 368 g/mol. The van der Waals surface area contributed by atoms with Gasteiger partial charge in [0, 0.05) is 7.11 Å². The summed E-state index contributed by atoms with van der Waals surface area (Å²) in [5, 5.41) is 1.13. The van der Waals surface area contributed by atoms with Crippen LogP contribution in [0.3, 0.4) is 0 Å². The van der Waals surface area contributed by atoms with Crippen molar-refractivity contribution >= 4 is 28.6 Å². The van der Waals surface area contributed by atoms with E-state index in [1.807, 2.05) is 25.1 Å². The van der Waals surface area contributed by atoms with Gasteiger partial charge in [-0.25, -0.2) is 9.78 Å². The number of fused-ring (bicyclic) bond motifs is 1. The molecule has 3 aromatic rings. The van der Waals surface area contributed by atoms with Gasteiger partial charge in [0.2, 0.25) is 5.76 Å².